The van der Waals surface area contributed by atoms with Crippen molar-refractivity contribution in [2.75, 3.05) is 0 Å². The van der Waals surface area contributed by atoms with Crippen molar-refractivity contribution in [1.82, 2.24) is 14.3 Å². The summed E-state index contributed by atoms with van der Waals surface area (Å²) in [7, 11) is 0. The number of carbonyl (C=O) groups is 1. The molecule has 4 aromatic rings. The topological polar surface area (TPSA) is 37.6 Å². The summed E-state index contributed by atoms with van der Waals surface area (Å²) < 4.78 is 15.1. The minimum atomic E-state index is -0.272. The highest BCUT2D eigenvalue weighted by atomic mass is 32.1. The van der Waals surface area contributed by atoms with Crippen LogP contribution in [0.4, 0.5) is 4.39 Å². The highest BCUT2D eigenvalue weighted by Crippen LogP contribution is 2.29. The van der Waals surface area contributed by atoms with Gasteiger partial charge < -0.3 is 4.90 Å². The molecule has 6 heteroatoms. The van der Waals surface area contributed by atoms with Crippen molar-refractivity contribution in [1.29, 1.82) is 0 Å². The Morgan fingerprint density at radius 2 is 1.83 bits per heavy atom. The molecule has 0 saturated carbocycles. The van der Waals surface area contributed by atoms with Gasteiger partial charge in [0, 0.05) is 30.0 Å². The van der Waals surface area contributed by atoms with Gasteiger partial charge in [-0.05, 0) is 50.6 Å². The predicted octanol–water partition coefficient (Wildman–Crippen LogP) is 5.56. The maximum atomic E-state index is 13.3. The highest BCUT2D eigenvalue weighted by Gasteiger charge is 2.25. The van der Waals surface area contributed by atoms with Crippen LogP contribution < -0.4 is 0 Å². The Balaban J connectivity index is 1.65. The van der Waals surface area contributed by atoms with E-state index in [1.807, 2.05) is 66.6 Å². The number of aromatic nitrogens is 2. The third-order valence-corrected chi connectivity index (χ3v) is 6.12. The molecule has 0 aliphatic rings. The van der Waals surface area contributed by atoms with Crippen molar-refractivity contribution < 1.29 is 9.18 Å². The van der Waals surface area contributed by atoms with Gasteiger partial charge in [-0.2, -0.15) is 0 Å². The Kier molecular flexibility index (Phi) is 5.20. The van der Waals surface area contributed by atoms with Gasteiger partial charge in [-0.1, -0.05) is 41.7 Å². The van der Waals surface area contributed by atoms with E-state index in [9.17, 15) is 9.18 Å². The molecule has 4 rings (SSSR count). The van der Waals surface area contributed by atoms with Crippen LogP contribution in [0.1, 0.15) is 34.8 Å². The van der Waals surface area contributed by atoms with Gasteiger partial charge in [0.1, 0.15) is 10.7 Å². The molecular formula is C23H22FN3OS. The molecule has 0 N–H and O–H groups in total. The molecule has 0 radical (unpaired) electrons. The first-order valence-electron chi connectivity index (χ1n) is 9.53. The van der Waals surface area contributed by atoms with Crippen molar-refractivity contribution in [3.63, 3.8) is 0 Å². The van der Waals surface area contributed by atoms with Gasteiger partial charge in [0.05, 0.1) is 5.69 Å². The average Bonchev–Trinajstić information content (AvgIpc) is 3.26. The largest absolute Gasteiger partial charge is 0.331 e. The van der Waals surface area contributed by atoms with E-state index in [-0.39, 0.29) is 17.8 Å². The molecule has 0 saturated heterocycles. The molecular weight excluding hydrogens is 385 g/mol. The molecule has 0 aliphatic heterocycles. The smallest absolute Gasteiger partial charge is 0.266 e. The lowest BCUT2D eigenvalue weighted by molar-refractivity contribution is 0.0694. The van der Waals surface area contributed by atoms with Crippen molar-refractivity contribution in [3.8, 4) is 11.3 Å². The van der Waals surface area contributed by atoms with Gasteiger partial charge in [-0.25, -0.2) is 9.37 Å². The molecule has 148 valence electrons. The number of imidazole rings is 1. The SMILES string of the molecule is Cc1c(C(=O)N(Cc2ccccc2)C(C)C)sc2nc(-c3ccc(F)cc3)cn12. The summed E-state index contributed by atoms with van der Waals surface area (Å²) >= 11 is 1.39. The first-order chi connectivity index (χ1) is 13.9. The van der Waals surface area contributed by atoms with Crippen LogP contribution in [0, 0.1) is 12.7 Å². The molecule has 0 atom stereocenters. The molecule has 2 aromatic carbocycles. The van der Waals surface area contributed by atoms with Crippen LogP contribution >= 0.6 is 11.3 Å². The van der Waals surface area contributed by atoms with Gasteiger partial charge in [-0.3, -0.25) is 9.20 Å². The highest BCUT2D eigenvalue weighted by molar-refractivity contribution is 7.19. The zero-order chi connectivity index (χ0) is 20.5. The number of halogens is 1. The second-order valence-corrected chi connectivity index (χ2v) is 8.29. The number of fused-ring (bicyclic) bond motifs is 1. The van der Waals surface area contributed by atoms with Crippen molar-refractivity contribution in [2.24, 2.45) is 0 Å². The Bertz CT molecular complexity index is 1150. The lowest BCUT2D eigenvalue weighted by Gasteiger charge is -2.26. The molecule has 2 heterocycles. The van der Waals surface area contributed by atoms with Crippen LogP contribution in [0.5, 0.6) is 0 Å². The molecule has 0 spiro atoms. The van der Waals surface area contributed by atoms with Crippen LogP contribution in [-0.2, 0) is 6.54 Å². The lowest BCUT2D eigenvalue weighted by Crippen LogP contribution is -2.36. The van der Waals surface area contributed by atoms with E-state index in [0.717, 1.165) is 27.5 Å². The quantitative estimate of drug-likeness (QED) is 0.434. The van der Waals surface area contributed by atoms with Crippen LogP contribution in [0.2, 0.25) is 0 Å². The Morgan fingerprint density at radius 3 is 2.45 bits per heavy atom. The molecule has 0 bridgehead atoms. The van der Waals surface area contributed by atoms with Gasteiger partial charge in [0.15, 0.2) is 4.96 Å². The molecule has 1 amide bonds. The first kappa shape index (κ1) is 19.3. The molecule has 0 unspecified atom stereocenters. The number of benzene rings is 2. The van der Waals surface area contributed by atoms with E-state index in [1.165, 1.54) is 23.5 Å². The zero-order valence-corrected chi connectivity index (χ0v) is 17.4. The summed E-state index contributed by atoms with van der Waals surface area (Å²) in [6, 6.07) is 16.4. The molecule has 2 aromatic heterocycles. The number of nitrogens with zero attached hydrogens (tertiary/aromatic N) is 3. The fourth-order valence-electron chi connectivity index (χ4n) is 3.31. The van der Waals surface area contributed by atoms with Crippen LogP contribution in [0.25, 0.3) is 16.2 Å². The summed E-state index contributed by atoms with van der Waals surface area (Å²) in [6.45, 7) is 6.56. The van der Waals surface area contributed by atoms with Gasteiger partial charge in [0.2, 0.25) is 0 Å². The summed E-state index contributed by atoms with van der Waals surface area (Å²) in [5.41, 5.74) is 3.59. The second-order valence-electron chi connectivity index (χ2n) is 7.31. The van der Waals surface area contributed by atoms with E-state index in [2.05, 4.69) is 4.98 Å². The summed E-state index contributed by atoms with van der Waals surface area (Å²) in [5.74, 6) is -0.258. The minimum Gasteiger partial charge on any atom is -0.331 e. The van der Waals surface area contributed by atoms with Gasteiger partial charge >= 0.3 is 0 Å². The van der Waals surface area contributed by atoms with Gasteiger partial charge in [0.25, 0.3) is 5.91 Å². The molecule has 4 nitrogen and oxygen atoms in total. The summed E-state index contributed by atoms with van der Waals surface area (Å²) in [6.07, 6.45) is 1.90. The molecule has 29 heavy (non-hydrogen) atoms. The fourth-order valence-corrected chi connectivity index (χ4v) is 4.37. The summed E-state index contributed by atoms with van der Waals surface area (Å²) in [5, 5.41) is 0. The predicted molar refractivity (Wildman–Crippen MR) is 115 cm³/mol. The Morgan fingerprint density at radius 1 is 1.14 bits per heavy atom. The minimum absolute atomic E-state index is 0.0141. The van der Waals surface area contributed by atoms with Crippen LogP contribution in [-0.4, -0.2) is 26.2 Å². The number of hydrogen-bond acceptors (Lipinski definition) is 3. The van der Waals surface area contributed by atoms with E-state index in [1.54, 1.807) is 12.1 Å². The number of aryl methyl sites for hydroxylation is 1. The monoisotopic (exact) mass is 407 g/mol. The third-order valence-electron chi connectivity index (χ3n) is 4.97. The summed E-state index contributed by atoms with van der Waals surface area (Å²) in [4.78, 5) is 21.3. The molecule has 0 fully saturated rings. The third kappa shape index (κ3) is 3.80. The fraction of sp³-hybridized carbons (Fsp3) is 0.217. The van der Waals surface area contributed by atoms with Crippen molar-refractivity contribution >= 4 is 22.2 Å². The Hall–Kier alpha value is -2.99. The van der Waals surface area contributed by atoms with E-state index < -0.39 is 0 Å². The zero-order valence-electron chi connectivity index (χ0n) is 16.6. The number of amides is 1. The van der Waals surface area contributed by atoms with E-state index in [4.69, 9.17) is 0 Å². The maximum Gasteiger partial charge on any atom is 0.266 e. The maximum absolute atomic E-state index is 13.3. The Labute approximate surface area is 173 Å². The van der Waals surface area contributed by atoms with Crippen LogP contribution in [0.15, 0.2) is 60.8 Å². The van der Waals surface area contributed by atoms with E-state index in [0.29, 0.717) is 11.4 Å². The van der Waals surface area contributed by atoms with Gasteiger partial charge in [-0.15, -0.1) is 0 Å². The first-order valence-corrected chi connectivity index (χ1v) is 10.3. The van der Waals surface area contributed by atoms with Crippen molar-refractivity contribution in [2.45, 2.75) is 33.4 Å². The number of rotatable bonds is 5. The second kappa shape index (κ2) is 7.79. The average molecular weight is 408 g/mol. The normalized spacial score (nSPS) is 11.3. The van der Waals surface area contributed by atoms with Crippen molar-refractivity contribution in [3.05, 3.63) is 82.7 Å². The molecule has 0 aliphatic carbocycles. The van der Waals surface area contributed by atoms with E-state index >= 15 is 0 Å². The lowest BCUT2D eigenvalue weighted by atomic mass is 10.1. The standard InChI is InChI=1S/C23H22FN3OS/c1-15(2)26(13-17-7-5-4-6-8-17)22(28)21-16(3)27-14-20(25-23(27)29-21)18-9-11-19(24)12-10-18/h4-12,14-15H,13H2,1-3H3. The van der Waals surface area contributed by atoms with Crippen LogP contribution in [0.3, 0.4) is 0 Å². The number of thiazole rings is 1. The number of carbonyl (C=O) groups excluding carboxylic acids is 1. The number of hydrogen-bond donors (Lipinski definition) is 0.